The van der Waals surface area contributed by atoms with Crippen LogP contribution in [0.2, 0.25) is 0 Å². The molecule has 0 fully saturated rings. The molecule has 0 heterocycles. The van der Waals surface area contributed by atoms with Gasteiger partial charge in [0, 0.05) is 0 Å². The Morgan fingerprint density at radius 3 is 2.24 bits per heavy atom. The third-order valence-corrected chi connectivity index (χ3v) is 2.43. The highest BCUT2D eigenvalue weighted by molar-refractivity contribution is 5.68. The molecule has 0 aromatic carbocycles. The largest absolute Gasteiger partial charge is 0.345 e. The Balaban J connectivity index is 3.71. The van der Waals surface area contributed by atoms with Gasteiger partial charge in [0.2, 0.25) is 0 Å². The molecule has 0 saturated carbocycles. The lowest BCUT2D eigenvalue weighted by atomic mass is 9.93. The fraction of sp³-hybridized carbons (Fsp3) is 0.923. The van der Waals surface area contributed by atoms with Crippen molar-refractivity contribution in [3.8, 4) is 0 Å². The highest BCUT2D eigenvalue weighted by Gasteiger charge is 2.16. The Bertz CT molecular complexity index is 220. The van der Waals surface area contributed by atoms with Crippen LogP contribution in [-0.2, 0) is 19.6 Å². The molecule has 0 N–H and O–H groups in total. The number of hydrogen-bond acceptors (Lipinski definition) is 4. The summed E-state index contributed by atoms with van der Waals surface area (Å²) < 4.78 is 0. The van der Waals surface area contributed by atoms with Gasteiger partial charge in [-0.25, -0.2) is 4.79 Å². The van der Waals surface area contributed by atoms with Crippen LogP contribution in [0.25, 0.3) is 0 Å². The van der Waals surface area contributed by atoms with Gasteiger partial charge in [0.05, 0.1) is 12.0 Å². The lowest BCUT2D eigenvalue weighted by molar-refractivity contribution is -0.514. The molecule has 0 bridgehead atoms. The first-order valence-corrected chi connectivity index (χ1v) is 6.29. The monoisotopic (exact) mass is 246 g/mol. The zero-order chi connectivity index (χ0) is 13.5. The summed E-state index contributed by atoms with van der Waals surface area (Å²) in [5.41, 5.74) is -0.484. The van der Waals surface area contributed by atoms with Crippen LogP contribution >= 0.6 is 0 Å². The molecule has 0 radical (unpaired) electrons. The molecule has 0 spiro atoms. The highest BCUT2D eigenvalue weighted by Crippen LogP contribution is 2.18. The first kappa shape index (κ1) is 16.4. The summed E-state index contributed by atoms with van der Waals surface area (Å²) in [5, 5.41) is 4.44. The molecule has 0 aliphatic rings. The van der Waals surface area contributed by atoms with Gasteiger partial charge in [-0.2, -0.15) is 4.89 Å². The lowest BCUT2D eigenvalue weighted by Gasteiger charge is -2.17. The zero-order valence-corrected chi connectivity index (χ0v) is 11.9. The minimum Gasteiger partial charge on any atom is -0.269 e. The van der Waals surface area contributed by atoms with Gasteiger partial charge in [0.25, 0.3) is 0 Å². The molecular weight excluding hydrogens is 220 g/mol. The summed E-state index contributed by atoms with van der Waals surface area (Å²) in [4.78, 5) is 20.8. The molecule has 2 unspecified atom stereocenters. The summed E-state index contributed by atoms with van der Waals surface area (Å²) in [5.74, 6) is 0.547. The fourth-order valence-corrected chi connectivity index (χ4v) is 1.41. The first-order valence-electron chi connectivity index (χ1n) is 6.29. The molecular formula is C13H26O4. The van der Waals surface area contributed by atoms with Gasteiger partial charge >= 0.3 is 5.97 Å². The average molecular weight is 246 g/mol. The number of carbonyl (C=O) groups is 1. The van der Waals surface area contributed by atoms with Gasteiger partial charge in [0.15, 0.2) is 0 Å². The van der Waals surface area contributed by atoms with Crippen LogP contribution in [0.3, 0.4) is 0 Å². The molecule has 102 valence electrons. The van der Waals surface area contributed by atoms with Gasteiger partial charge in [0.1, 0.15) is 0 Å². The summed E-state index contributed by atoms with van der Waals surface area (Å²) >= 11 is 0. The molecule has 0 aromatic rings. The van der Waals surface area contributed by atoms with Crippen molar-refractivity contribution in [2.24, 2.45) is 11.8 Å². The van der Waals surface area contributed by atoms with Crippen LogP contribution < -0.4 is 0 Å². The molecule has 4 nitrogen and oxygen atoms in total. The van der Waals surface area contributed by atoms with Crippen molar-refractivity contribution in [3.63, 3.8) is 0 Å². The summed E-state index contributed by atoms with van der Waals surface area (Å²) in [6.07, 6.45) is 2.51. The van der Waals surface area contributed by atoms with E-state index >= 15 is 0 Å². The maximum absolute atomic E-state index is 11.4. The second-order valence-corrected chi connectivity index (χ2v) is 5.78. The molecule has 0 saturated heterocycles. The Labute approximate surface area is 104 Å². The maximum atomic E-state index is 11.4. The van der Waals surface area contributed by atoms with Gasteiger partial charge in [-0.05, 0) is 44.1 Å². The molecule has 0 amide bonds. The van der Waals surface area contributed by atoms with Gasteiger partial charge < -0.3 is 0 Å². The highest BCUT2D eigenvalue weighted by atomic mass is 17.5. The first-order chi connectivity index (χ1) is 7.74. The van der Waals surface area contributed by atoms with Crippen LogP contribution in [0.5, 0.6) is 0 Å². The normalized spacial score (nSPS) is 15.4. The fourth-order valence-electron chi connectivity index (χ4n) is 1.41. The zero-order valence-electron chi connectivity index (χ0n) is 11.9. The Morgan fingerprint density at radius 1 is 1.18 bits per heavy atom. The Morgan fingerprint density at radius 2 is 1.76 bits per heavy atom. The average Bonchev–Trinajstić information content (AvgIpc) is 2.14. The van der Waals surface area contributed by atoms with Crippen molar-refractivity contribution in [1.82, 2.24) is 0 Å². The third-order valence-electron chi connectivity index (χ3n) is 2.43. The van der Waals surface area contributed by atoms with Crippen LogP contribution in [0, 0.1) is 11.8 Å². The van der Waals surface area contributed by atoms with Gasteiger partial charge in [-0.3, -0.25) is 4.89 Å². The molecule has 0 aromatic heterocycles. The minimum atomic E-state index is -0.484. The smallest absolute Gasteiger partial charge is 0.269 e. The van der Waals surface area contributed by atoms with E-state index in [0.29, 0.717) is 18.3 Å². The minimum absolute atomic E-state index is 0.302. The predicted octanol–water partition coefficient (Wildman–Crippen LogP) is 3.65. The van der Waals surface area contributed by atoms with Crippen molar-refractivity contribution < 1.29 is 19.6 Å². The van der Waals surface area contributed by atoms with E-state index in [1.54, 1.807) is 0 Å². The van der Waals surface area contributed by atoms with Crippen LogP contribution in [-0.4, -0.2) is 11.6 Å². The van der Waals surface area contributed by atoms with Crippen molar-refractivity contribution in [2.45, 2.75) is 66.4 Å². The summed E-state index contributed by atoms with van der Waals surface area (Å²) in [6.45, 7) is 11.8. The maximum Gasteiger partial charge on any atom is 0.345 e. The lowest BCUT2D eigenvalue weighted by Crippen LogP contribution is -2.21. The third kappa shape index (κ3) is 10.3. The van der Waals surface area contributed by atoms with E-state index in [1.807, 2.05) is 27.7 Å². The molecule has 0 aliphatic carbocycles. The second kappa shape index (κ2) is 7.67. The van der Waals surface area contributed by atoms with E-state index in [-0.39, 0.29) is 5.97 Å². The standard InChI is InChI=1S/C13H26O4/c1-7-10(2)8-11(3)9-12(14)15-17-16-13(4,5)6/h10-11H,7-9H2,1-6H3. The number of rotatable bonds is 7. The van der Waals surface area contributed by atoms with E-state index in [9.17, 15) is 4.79 Å². The van der Waals surface area contributed by atoms with Crippen molar-refractivity contribution in [2.75, 3.05) is 0 Å². The molecule has 4 heteroatoms. The molecule has 2 atom stereocenters. The Kier molecular flexibility index (Phi) is 7.39. The van der Waals surface area contributed by atoms with Crippen LogP contribution in [0.4, 0.5) is 0 Å². The molecule has 0 aliphatic heterocycles. The SMILES string of the molecule is CCC(C)CC(C)CC(=O)OOOC(C)(C)C. The summed E-state index contributed by atoms with van der Waals surface area (Å²) in [6, 6.07) is 0. The van der Waals surface area contributed by atoms with E-state index < -0.39 is 5.60 Å². The van der Waals surface area contributed by atoms with Gasteiger partial charge in [-0.15, -0.1) is 0 Å². The van der Waals surface area contributed by atoms with E-state index in [4.69, 9.17) is 4.89 Å². The van der Waals surface area contributed by atoms with Gasteiger partial charge in [-0.1, -0.05) is 27.2 Å². The number of hydrogen-bond donors (Lipinski definition) is 0. The molecule has 0 rings (SSSR count). The predicted molar refractivity (Wildman–Crippen MR) is 65.9 cm³/mol. The molecule has 17 heavy (non-hydrogen) atoms. The summed E-state index contributed by atoms with van der Waals surface area (Å²) in [7, 11) is 0. The van der Waals surface area contributed by atoms with E-state index in [2.05, 4.69) is 23.8 Å². The topological polar surface area (TPSA) is 44.8 Å². The van der Waals surface area contributed by atoms with E-state index in [0.717, 1.165) is 12.8 Å². The van der Waals surface area contributed by atoms with Crippen LogP contribution in [0.15, 0.2) is 0 Å². The number of carbonyl (C=O) groups excluding carboxylic acids is 1. The van der Waals surface area contributed by atoms with Crippen LogP contribution in [0.1, 0.15) is 60.8 Å². The van der Waals surface area contributed by atoms with E-state index in [1.165, 1.54) is 0 Å². The van der Waals surface area contributed by atoms with Crippen molar-refractivity contribution in [3.05, 3.63) is 0 Å². The van der Waals surface area contributed by atoms with Crippen molar-refractivity contribution >= 4 is 5.97 Å². The Hall–Kier alpha value is -0.610. The quantitative estimate of drug-likeness (QED) is 0.508. The van der Waals surface area contributed by atoms with Crippen molar-refractivity contribution in [1.29, 1.82) is 0 Å². The second-order valence-electron chi connectivity index (χ2n) is 5.78.